The van der Waals surface area contributed by atoms with Crippen molar-refractivity contribution >= 4 is 38.9 Å². The van der Waals surface area contributed by atoms with E-state index in [1.54, 1.807) is 11.3 Å². The van der Waals surface area contributed by atoms with Crippen LogP contribution in [-0.4, -0.2) is 10.5 Å². The van der Waals surface area contributed by atoms with Gasteiger partial charge in [-0.3, -0.25) is 4.79 Å². The van der Waals surface area contributed by atoms with Crippen LogP contribution < -0.4 is 5.73 Å². The van der Waals surface area contributed by atoms with E-state index in [-0.39, 0.29) is 0 Å². The quantitative estimate of drug-likeness (QED) is 0.436. The standard InChI is InChI=1S/C23H21ClN2OS/c1-13-5-4-6-16(9-13)12-26-15(3)19(23(25)27)11-20(26)22-14(2)18-10-17(24)7-8-21(18)28-22/h4-11H,12H2,1-3H3,(H2,25,27). The number of fused-ring (bicyclic) bond motifs is 1. The number of aryl methyl sites for hydroxylation is 2. The Morgan fingerprint density at radius 3 is 2.61 bits per heavy atom. The number of nitrogens with zero attached hydrogens (tertiary/aromatic N) is 1. The lowest BCUT2D eigenvalue weighted by molar-refractivity contribution is 0.0999. The van der Waals surface area contributed by atoms with E-state index in [2.05, 4.69) is 48.7 Å². The average molecular weight is 409 g/mol. The number of hydrogen-bond acceptors (Lipinski definition) is 2. The number of carbonyl (C=O) groups is 1. The van der Waals surface area contributed by atoms with Crippen molar-refractivity contribution in [2.24, 2.45) is 5.73 Å². The first kappa shape index (κ1) is 18.8. The van der Waals surface area contributed by atoms with Gasteiger partial charge in [-0.2, -0.15) is 0 Å². The molecule has 4 rings (SSSR count). The molecule has 2 heterocycles. The Labute approximate surface area is 173 Å². The summed E-state index contributed by atoms with van der Waals surface area (Å²) < 4.78 is 3.37. The molecular formula is C23H21ClN2OS. The zero-order valence-corrected chi connectivity index (χ0v) is 17.6. The van der Waals surface area contributed by atoms with Crippen LogP contribution in [0.2, 0.25) is 5.02 Å². The second-order valence-electron chi connectivity index (χ2n) is 7.16. The second-order valence-corrected chi connectivity index (χ2v) is 8.65. The molecule has 0 saturated carbocycles. The molecule has 5 heteroatoms. The molecule has 2 aromatic carbocycles. The molecule has 4 aromatic rings. The number of thiophene rings is 1. The molecule has 2 N–H and O–H groups in total. The van der Waals surface area contributed by atoms with Gasteiger partial charge in [0.15, 0.2) is 0 Å². The van der Waals surface area contributed by atoms with E-state index in [1.165, 1.54) is 21.4 Å². The number of hydrogen-bond donors (Lipinski definition) is 1. The van der Waals surface area contributed by atoms with Gasteiger partial charge in [-0.15, -0.1) is 11.3 Å². The van der Waals surface area contributed by atoms with Crippen molar-refractivity contribution in [2.75, 3.05) is 0 Å². The van der Waals surface area contributed by atoms with Gasteiger partial charge in [0.25, 0.3) is 5.91 Å². The SMILES string of the molecule is Cc1cccc(Cn2c(-c3sc4ccc(Cl)cc4c3C)cc(C(N)=O)c2C)c1. The molecule has 0 aliphatic carbocycles. The van der Waals surface area contributed by atoms with Crippen LogP contribution in [-0.2, 0) is 6.54 Å². The summed E-state index contributed by atoms with van der Waals surface area (Å²) in [6, 6.07) is 16.3. The fraction of sp³-hybridized carbons (Fsp3) is 0.174. The molecule has 0 radical (unpaired) electrons. The van der Waals surface area contributed by atoms with Gasteiger partial charge < -0.3 is 10.3 Å². The smallest absolute Gasteiger partial charge is 0.250 e. The Balaban J connectivity index is 1.92. The lowest BCUT2D eigenvalue weighted by Gasteiger charge is -2.12. The van der Waals surface area contributed by atoms with Crippen LogP contribution in [0.15, 0.2) is 48.5 Å². The summed E-state index contributed by atoms with van der Waals surface area (Å²) in [4.78, 5) is 13.2. The van der Waals surface area contributed by atoms with Crippen LogP contribution in [0.4, 0.5) is 0 Å². The maximum Gasteiger partial charge on any atom is 0.250 e. The van der Waals surface area contributed by atoms with Gasteiger partial charge in [0.1, 0.15) is 0 Å². The molecule has 2 aromatic heterocycles. The van der Waals surface area contributed by atoms with Crippen molar-refractivity contribution in [3.63, 3.8) is 0 Å². The third-order valence-corrected chi connectivity index (χ3v) is 6.72. The van der Waals surface area contributed by atoms with E-state index >= 15 is 0 Å². The van der Waals surface area contributed by atoms with Crippen molar-refractivity contribution in [1.29, 1.82) is 0 Å². The average Bonchev–Trinajstić information content (AvgIpc) is 3.13. The number of rotatable bonds is 4. The van der Waals surface area contributed by atoms with Crippen LogP contribution in [0, 0.1) is 20.8 Å². The third-order valence-electron chi connectivity index (χ3n) is 5.19. The van der Waals surface area contributed by atoms with Crippen LogP contribution in [0.3, 0.4) is 0 Å². The summed E-state index contributed by atoms with van der Waals surface area (Å²) in [5.74, 6) is -0.399. The van der Waals surface area contributed by atoms with Crippen molar-refractivity contribution in [2.45, 2.75) is 27.3 Å². The first-order chi connectivity index (χ1) is 13.3. The molecule has 0 saturated heterocycles. The van der Waals surface area contributed by atoms with Gasteiger partial charge in [0.2, 0.25) is 0 Å². The highest BCUT2D eigenvalue weighted by molar-refractivity contribution is 7.22. The highest BCUT2D eigenvalue weighted by atomic mass is 35.5. The Bertz CT molecular complexity index is 1220. The van der Waals surface area contributed by atoms with E-state index in [9.17, 15) is 4.79 Å². The first-order valence-electron chi connectivity index (χ1n) is 9.09. The Kier molecular flexibility index (Phi) is 4.77. The van der Waals surface area contributed by atoms with E-state index in [4.69, 9.17) is 17.3 Å². The molecule has 0 atom stereocenters. The maximum atomic E-state index is 12.0. The van der Waals surface area contributed by atoms with Crippen LogP contribution in [0.1, 0.15) is 32.7 Å². The van der Waals surface area contributed by atoms with Crippen molar-refractivity contribution in [3.8, 4) is 10.6 Å². The largest absolute Gasteiger partial charge is 0.366 e. The number of carbonyl (C=O) groups excluding carboxylic acids is 1. The zero-order chi connectivity index (χ0) is 20.0. The third kappa shape index (κ3) is 3.23. The molecule has 0 fully saturated rings. The number of amides is 1. The minimum Gasteiger partial charge on any atom is -0.366 e. The molecular weight excluding hydrogens is 388 g/mol. The minimum absolute atomic E-state index is 0.399. The summed E-state index contributed by atoms with van der Waals surface area (Å²) in [7, 11) is 0. The highest BCUT2D eigenvalue weighted by Gasteiger charge is 2.20. The molecule has 3 nitrogen and oxygen atoms in total. The summed E-state index contributed by atoms with van der Waals surface area (Å²) in [6.45, 7) is 6.83. The normalized spacial score (nSPS) is 11.3. The van der Waals surface area contributed by atoms with Crippen LogP contribution in [0.25, 0.3) is 20.7 Å². The summed E-state index contributed by atoms with van der Waals surface area (Å²) >= 11 is 7.92. The Morgan fingerprint density at radius 1 is 1.11 bits per heavy atom. The van der Waals surface area contributed by atoms with E-state index < -0.39 is 5.91 Å². The topological polar surface area (TPSA) is 48.0 Å². The Hall–Kier alpha value is -2.56. The predicted octanol–water partition coefficient (Wildman–Crippen LogP) is 6.10. The number of benzene rings is 2. The lowest BCUT2D eigenvalue weighted by atomic mass is 10.1. The van der Waals surface area contributed by atoms with Crippen molar-refractivity contribution < 1.29 is 4.79 Å². The number of aromatic nitrogens is 1. The molecule has 0 spiro atoms. The molecule has 28 heavy (non-hydrogen) atoms. The number of primary amides is 1. The highest BCUT2D eigenvalue weighted by Crippen LogP contribution is 2.40. The Morgan fingerprint density at radius 2 is 1.89 bits per heavy atom. The van der Waals surface area contributed by atoms with Gasteiger partial charge in [0.05, 0.1) is 16.1 Å². The lowest BCUT2D eigenvalue weighted by Crippen LogP contribution is -2.12. The minimum atomic E-state index is -0.399. The van der Waals surface area contributed by atoms with Gasteiger partial charge in [-0.05, 0) is 61.5 Å². The first-order valence-corrected chi connectivity index (χ1v) is 10.3. The molecule has 142 valence electrons. The number of nitrogens with two attached hydrogens (primary N) is 1. The maximum absolute atomic E-state index is 12.0. The molecule has 0 aliphatic rings. The van der Waals surface area contributed by atoms with Gasteiger partial charge in [0, 0.05) is 22.0 Å². The summed E-state index contributed by atoms with van der Waals surface area (Å²) in [5.41, 5.74) is 11.7. The van der Waals surface area contributed by atoms with E-state index in [1.807, 2.05) is 25.1 Å². The van der Waals surface area contributed by atoms with Gasteiger partial charge in [-0.1, -0.05) is 41.4 Å². The van der Waals surface area contributed by atoms with Gasteiger partial charge >= 0.3 is 0 Å². The molecule has 0 unspecified atom stereocenters. The van der Waals surface area contributed by atoms with Gasteiger partial charge in [-0.25, -0.2) is 0 Å². The van der Waals surface area contributed by atoms with Crippen molar-refractivity contribution in [3.05, 3.63) is 81.5 Å². The zero-order valence-electron chi connectivity index (χ0n) is 16.0. The molecule has 1 amide bonds. The number of halogens is 1. The fourth-order valence-corrected chi connectivity index (χ4v) is 5.10. The van der Waals surface area contributed by atoms with Crippen LogP contribution >= 0.6 is 22.9 Å². The molecule has 0 aliphatic heterocycles. The monoisotopic (exact) mass is 408 g/mol. The van der Waals surface area contributed by atoms with E-state index in [0.717, 1.165) is 26.7 Å². The second kappa shape index (κ2) is 7.12. The van der Waals surface area contributed by atoms with E-state index in [0.29, 0.717) is 12.1 Å². The summed E-state index contributed by atoms with van der Waals surface area (Å²) in [5, 5.41) is 1.87. The predicted molar refractivity (Wildman–Crippen MR) is 119 cm³/mol. The van der Waals surface area contributed by atoms with Crippen LogP contribution in [0.5, 0.6) is 0 Å². The van der Waals surface area contributed by atoms with Crippen molar-refractivity contribution in [1.82, 2.24) is 4.57 Å². The molecule has 0 bridgehead atoms. The summed E-state index contributed by atoms with van der Waals surface area (Å²) in [6.07, 6.45) is 0. The fourth-order valence-electron chi connectivity index (χ4n) is 3.72.